The van der Waals surface area contributed by atoms with Gasteiger partial charge in [-0.25, -0.2) is 0 Å². The number of rotatable bonds is 5. The summed E-state index contributed by atoms with van der Waals surface area (Å²) in [5.74, 6) is -1.51. The molecule has 1 aromatic heterocycles. The molecule has 2 aromatic rings. The molecule has 2 N–H and O–H groups in total. The number of para-hydroxylation sites is 1. The minimum absolute atomic E-state index is 0.183. The van der Waals surface area contributed by atoms with Gasteiger partial charge >= 0.3 is 17.8 Å². The second-order valence-corrected chi connectivity index (χ2v) is 3.70. The topological polar surface area (TPSA) is 115 Å². The van der Waals surface area contributed by atoms with Gasteiger partial charge in [0.25, 0.3) is 0 Å². The Morgan fingerprint density at radius 3 is 2.85 bits per heavy atom. The van der Waals surface area contributed by atoms with Crippen LogP contribution in [-0.2, 0) is 4.79 Å². The molecule has 8 heteroatoms. The van der Waals surface area contributed by atoms with E-state index in [1.54, 1.807) is 24.3 Å². The zero-order valence-electron chi connectivity index (χ0n) is 10.5. The van der Waals surface area contributed by atoms with Gasteiger partial charge in [0.2, 0.25) is 5.82 Å². The molecular weight excluding hydrogens is 266 g/mol. The van der Waals surface area contributed by atoms with Crippen molar-refractivity contribution in [2.24, 2.45) is 0 Å². The Morgan fingerprint density at radius 2 is 2.15 bits per heavy atom. The van der Waals surface area contributed by atoms with Gasteiger partial charge in [-0.15, -0.1) is 0 Å². The minimum Gasteiger partial charge on any atom is -0.496 e. The van der Waals surface area contributed by atoms with Crippen molar-refractivity contribution in [2.45, 2.75) is 0 Å². The first-order chi connectivity index (χ1) is 9.61. The molecule has 0 spiro atoms. The van der Waals surface area contributed by atoms with Crippen molar-refractivity contribution in [2.75, 3.05) is 13.7 Å². The third kappa shape index (κ3) is 2.91. The molecule has 0 unspecified atom stereocenters. The van der Waals surface area contributed by atoms with Gasteiger partial charge in [0.05, 0.1) is 12.7 Å². The van der Waals surface area contributed by atoms with E-state index >= 15 is 0 Å². The summed E-state index contributed by atoms with van der Waals surface area (Å²) in [7, 11) is 1.50. The van der Waals surface area contributed by atoms with Crippen molar-refractivity contribution in [3.63, 3.8) is 0 Å². The van der Waals surface area contributed by atoms with E-state index in [4.69, 9.17) is 14.4 Å². The molecule has 0 saturated carbocycles. The van der Waals surface area contributed by atoms with Crippen molar-refractivity contribution >= 4 is 11.9 Å². The van der Waals surface area contributed by atoms with Crippen LogP contribution in [0.25, 0.3) is 11.4 Å². The summed E-state index contributed by atoms with van der Waals surface area (Å²) in [6, 6.07) is 6.97. The molecule has 0 aliphatic carbocycles. The van der Waals surface area contributed by atoms with Crippen molar-refractivity contribution in [1.82, 2.24) is 15.5 Å². The highest BCUT2D eigenvalue weighted by Gasteiger charge is 2.18. The number of amides is 1. The fourth-order valence-electron chi connectivity index (χ4n) is 1.49. The van der Waals surface area contributed by atoms with E-state index in [0.717, 1.165) is 0 Å². The number of carboxylic acids is 1. The number of hydrogen-bond donors (Lipinski definition) is 2. The quantitative estimate of drug-likeness (QED) is 0.820. The Hall–Kier alpha value is -2.90. The lowest BCUT2D eigenvalue weighted by Gasteiger charge is -2.02. The van der Waals surface area contributed by atoms with E-state index in [0.29, 0.717) is 11.3 Å². The smallest absolute Gasteiger partial charge is 0.322 e. The summed E-state index contributed by atoms with van der Waals surface area (Å²) >= 11 is 0. The predicted molar refractivity (Wildman–Crippen MR) is 66.3 cm³/mol. The lowest BCUT2D eigenvalue weighted by molar-refractivity contribution is -0.135. The first-order valence-electron chi connectivity index (χ1n) is 5.59. The maximum atomic E-state index is 11.5. The van der Waals surface area contributed by atoms with Crippen molar-refractivity contribution in [1.29, 1.82) is 0 Å². The maximum Gasteiger partial charge on any atom is 0.322 e. The summed E-state index contributed by atoms with van der Waals surface area (Å²) in [5.41, 5.74) is 0.566. The van der Waals surface area contributed by atoms with Gasteiger partial charge in [-0.3, -0.25) is 9.59 Å². The molecule has 1 amide bonds. The molecule has 8 nitrogen and oxygen atoms in total. The third-order valence-electron chi connectivity index (χ3n) is 2.37. The predicted octanol–water partition coefficient (Wildman–Crippen LogP) is 0.560. The highest BCUT2D eigenvalue weighted by molar-refractivity contribution is 5.92. The molecule has 0 fully saturated rings. The molecule has 0 aliphatic rings. The van der Waals surface area contributed by atoms with E-state index < -0.39 is 18.4 Å². The van der Waals surface area contributed by atoms with Crippen LogP contribution in [0.1, 0.15) is 10.7 Å². The highest BCUT2D eigenvalue weighted by Crippen LogP contribution is 2.26. The summed E-state index contributed by atoms with van der Waals surface area (Å²) in [5, 5.41) is 14.3. The van der Waals surface area contributed by atoms with Gasteiger partial charge in [-0.2, -0.15) is 4.98 Å². The maximum absolute atomic E-state index is 11.5. The monoisotopic (exact) mass is 277 g/mol. The van der Waals surface area contributed by atoms with E-state index in [9.17, 15) is 9.59 Å². The number of methoxy groups -OCH3 is 1. The number of ether oxygens (including phenoxy) is 1. The van der Waals surface area contributed by atoms with Crippen LogP contribution in [-0.4, -0.2) is 40.8 Å². The average Bonchev–Trinajstić information content (AvgIpc) is 2.94. The Balaban J connectivity index is 2.20. The van der Waals surface area contributed by atoms with Crippen LogP contribution in [0, 0.1) is 0 Å². The van der Waals surface area contributed by atoms with Crippen LogP contribution in [0.15, 0.2) is 28.8 Å². The van der Waals surface area contributed by atoms with E-state index in [2.05, 4.69) is 15.5 Å². The average molecular weight is 277 g/mol. The molecule has 104 valence electrons. The number of nitrogens with one attached hydrogen (secondary N) is 1. The highest BCUT2D eigenvalue weighted by atomic mass is 16.5. The van der Waals surface area contributed by atoms with Crippen molar-refractivity contribution in [3.05, 3.63) is 30.2 Å². The van der Waals surface area contributed by atoms with Gasteiger partial charge in [0.1, 0.15) is 12.3 Å². The molecule has 1 aromatic carbocycles. The third-order valence-corrected chi connectivity index (χ3v) is 2.37. The standard InChI is InChI=1S/C12H11N3O5/c1-19-8-5-3-2-4-7(8)10-14-12(20-15-10)11(18)13-6-9(16)17/h2-5H,6H2,1H3,(H,13,18)(H,16,17). The van der Waals surface area contributed by atoms with Crippen molar-refractivity contribution < 1.29 is 24.0 Å². The summed E-state index contributed by atoms with van der Waals surface area (Å²) < 4.78 is 9.94. The lowest BCUT2D eigenvalue weighted by Crippen LogP contribution is -2.29. The first-order valence-corrected chi connectivity index (χ1v) is 5.59. The summed E-state index contributed by atoms with van der Waals surface area (Å²) in [6.07, 6.45) is 0. The van der Waals surface area contributed by atoms with Crippen molar-refractivity contribution in [3.8, 4) is 17.1 Å². The molecular formula is C12H11N3O5. The van der Waals surface area contributed by atoms with E-state index in [1.165, 1.54) is 7.11 Å². The second-order valence-electron chi connectivity index (χ2n) is 3.70. The lowest BCUT2D eigenvalue weighted by atomic mass is 10.2. The fourth-order valence-corrected chi connectivity index (χ4v) is 1.49. The number of hydrogen-bond acceptors (Lipinski definition) is 6. The Bertz CT molecular complexity index is 638. The number of nitrogens with zero attached hydrogens (tertiary/aromatic N) is 2. The van der Waals surface area contributed by atoms with E-state index in [-0.39, 0.29) is 11.7 Å². The van der Waals surface area contributed by atoms with Gasteiger partial charge in [-0.1, -0.05) is 17.3 Å². The van der Waals surface area contributed by atoms with E-state index in [1.807, 2.05) is 0 Å². The Morgan fingerprint density at radius 1 is 1.40 bits per heavy atom. The normalized spacial score (nSPS) is 10.1. The molecule has 0 bridgehead atoms. The molecule has 1 heterocycles. The SMILES string of the molecule is COc1ccccc1-c1noc(C(=O)NCC(=O)O)n1. The zero-order valence-corrected chi connectivity index (χ0v) is 10.5. The van der Waals surface area contributed by atoms with Crippen LogP contribution >= 0.6 is 0 Å². The van der Waals surface area contributed by atoms with Crippen LogP contribution in [0.3, 0.4) is 0 Å². The molecule has 0 radical (unpaired) electrons. The van der Waals surface area contributed by atoms with Gasteiger partial charge in [-0.05, 0) is 12.1 Å². The number of carbonyl (C=O) groups is 2. The Kier molecular flexibility index (Phi) is 3.94. The molecule has 20 heavy (non-hydrogen) atoms. The first kappa shape index (κ1) is 13.5. The number of aliphatic carboxylic acids is 1. The number of carbonyl (C=O) groups excluding carboxylic acids is 1. The van der Waals surface area contributed by atoms with Gasteiger partial charge in [0.15, 0.2) is 0 Å². The molecule has 0 atom stereocenters. The van der Waals surface area contributed by atoms with Crippen LogP contribution in [0.2, 0.25) is 0 Å². The summed E-state index contributed by atoms with van der Waals surface area (Å²) in [6.45, 7) is -0.523. The minimum atomic E-state index is -1.16. The van der Waals surface area contributed by atoms with Gasteiger partial charge in [0, 0.05) is 0 Å². The zero-order chi connectivity index (χ0) is 14.5. The Labute approximate surface area is 113 Å². The van der Waals surface area contributed by atoms with Crippen LogP contribution < -0.4 is 10.1 Å². The molecule has 2 rings (SSSR count). The van der Waals surface area contributed by atoms with Crippen LogP contribution in [0.4, 0.5) is 0 Å². The fraction of sp³-hybridized carbons (Fsp3) is 0.167. The van der Waals surface area contributed by atoms with Crippen LogP contribution in [0.5, 0.6) is 5.75 Å². The number of benzene rings is 1. The van der Waals surface area contributed by atoms with Gasteiger partial charge < -0.3 is 19.7 Å². The largest absolute Gasteiger partial charge is 0.496 e. The number of carboxylic acid groups (broad SMARTS) is 1. The molecule has 0 saturated heterocycles. The number of aromatic nitrogens is 2. The molecule has 0 aliphatic heterocycles. The summed E-state index contributed by atoms with van der Waals surface area (Å²) in [4.78, 5) is 25.8. The second kappa shape index (κ2) is 5.83.